The molecule has 11 heteroatoms. The Hall–Kier alpha value is -1.85. The monoisotopic (exact) mass is 434 g/mol. The smallest absolute Gasteiger partial charge is 0.326 e. The number of aliphatic hydroxyl groups excluding tert-OH is 1. The van der Waals surface area contributed by atoms with Gasteiger partial charge in [-0.15, -0.1) is 0 Å². The van der Waals surface area contributed by atoms with Gasteiger partial charge in [-0.3, -0.25) is 14.4 Å². The number of aliphatic carboxylic acids is 1. The average Bonchev–Trinajstić information content (AvgIpc) is 2.65. The van der Waals surface area contributed by atoms with Gasteiger partial charge in [0.05, 0.1) is 12.1 Å². The van der Waals surface area contributed by atoms with Crippen LogP contribution in [0.3, 0.4) is 0 Å². The summed E-state index contributed by atoms with van der Waals surface area (Å²) in [6, 6.07) is -4.30. The summed E-state index contributed by atoms with van der Waals surface area (Å²) in [6.45, 7) is 6.25. The summed E-state index contributed by atoms with van der Waals surface area (Å²) in [6.07, 6.45) is 1.37. The van der Waals surface area contributed by atoms with Crippen molar-refractivity contribution in [1.82, 2.24) is 16.0 Å². The zero-order chi connectivity index (χ0) is 22.7. The van der Waals surface area contributed by atoms with Gasteiger partial charge in [-0.05, 0) is 38.2 Å². The minimum atomic E-state index is -1.38. The van der Waals surface area contributed by atoms with Gasteiger partial charge in [-0.2, -0.15) is 11.8 Å². The number of nitrogens with one attached hydrogen (secondary N) is 3. The number of rotatable bonds is 13. The van der Waals surface area contributed by atoms with Crippen LogP contribution >= 0.6 is 11.8 Å². The fourth-order valence-corrected chi connectivity index (χ4v) is 2.86. The van der Waals surface area contributed by atoms with Crippen LogP contribution in [0, 0.1) is 5.92 Å². The molecule has 0 spiro atoms. The van der Waals surface area contributed by atoms with Gasteiger partial charge in [-0.1, -0.05) is 20.3 Å². The fraction of sp³-hybridized carbons (Fsp3) is 0.778. The van der Waals surface area contributed by atoms with E-state index in [1.54, 1.807) is 13.8 Å². The van der Waals surface area contributed by atoms with E-state index in [1.165, 1.54) is 25.6 Å². The highest BCUT2D eigenvalue weighted by molar-refractivity contribution is 7.98. The molecule has 0 heterocycles. The molecule has 0 aliphatic carbocycles. The lowest BCUT2D eigenvalue weighted by Gasteiger charge is -2.27. The Morgan fingerprint density at radius 1 is 0.966 bits per heavy atom. The van der Waals surface area contributed by atoms with Gasteiger partial charge < -0.3 is 31.9 Å². The van der Waals surface area contributed by atoms with E-state index in [4.69, 9.17) is 5.73 Å². The second-order valence-electron chi connectivity index (χ2n) is 7.07. The number of carboxylic acids is 1. The molecule has 168 valence electrons. The number of carboxylic acid groups (broad SMARTS) is 1. The second kappa shape index (κ2) is 13.4. The third-order valence-corrected chi connectivity index (χ3v) is 5.14. The number of amides is 3. The van der Waals surface area contributed by atoms with Gasteiger partial charge in [0.25, 0.3) is 0 Å². The maximum atomic E-state index is 12.7. The first-order chi connectivity index (χ1) is 13.5. The summed E-state index contributed by atoms with van der Waals surface area (Å²) in [7, 11) is 0. The molecule has 0 aliphatic heterocycles. The summed E-state index contributed by atoms with van der Waals surface area (Å²) in [4.78, 5) is 48.5. The van der Waals surface area contributed by atoms with Crippen molar-refractivity contribution in [2.75, 3.05) is 12.0 Å². The molecule has 7 N–H and O–H groups in total. The minimum absolute atomic E-state index is 0.296. The number of carbonyl (C=O) groups is 4. The van der Waals surface area contributed by atoms with Gasteiger partial charge in [0.2, 0.25) is 17.7 Å². The van der Waals surface area contributed by atoms with Gasteiger partial charge in [0.15, 0.2) is 0 Å². The molecule has 6 atom stereocenters. The van der Waals surface area contributed by atoms with Crippen LogP contribution in [0.1, 0.15) is 40.5 Å². The quantitative estimate of drug-likeness (QED) is 0.215. The molecule has 0 bridgehead atoms. The summed E-state index contributed by atoms with van der Waals surface area (Å²) in [5.74, 6) is -2.98. The van der Waals surface area contributed by atoms with E-state index in [0.29, 0.717) is 18.6 Å². The Morgan fingerprint density at radius 2 is 1.52 bits per heavy atom. The van der Waals surface area contributed by atoms with Crippen LogP contribution in [0.5, 0.6) is 0 Å². The highest BCUT2D eigenvalue weighted by Crippen LogP contribution is 2.09. The van der Waals surface area contributed by atoms with Crippen molar-refractivity contribution in [1.29, 1.82) is 0 Å². The first-order valence-electron chi connectivity index (χ1n) is 9.52. The fourth-order valence-electron chi connectivity index (χ4n) is 2.39. The van der Waals surface area contributed by atoms with Crippen molar-refractivity contribution in [2.24, 2.45) is 11.7 Å². The zero-order valence-electron chi connectivity index (χ0n) is 17.6. The van der Waals surface area contributed by atoms with Gasteiger partial charge in [-0.25, -0.2) is 4.79 Å². The molecule has 0 aromatic heterocycles. The van der Waals surface area contributed by atoms with Crippen LogP contribution in [0.2, 0.25) is 0 Å². The molecule has 0 radical (unpaired) electrons. The molecule has 3 amide bonds. The molecule has 0 aromatic carbocycles. The van der Waals surface area contributed by atoms with Crippen LogP contribution in [-0.2, 0) is 19.2 Å². The Bertz CT molecular complexity index is 573. The van der Waals surface area contributed by atoms with E-state index in [9.17, 15) is 29.4 Å². The van der Waals surface area contributed by atoms with E-state index in [1.807, 2.05) is 6.26 Å². The van der Waals surface area contributed by atoms with Crippen molar-refractivity contribution < 1.29 is 29.4 Å². The van der Waals surface area contributed by atoms with Crippen molar-refractivity contribution in [3.63, 3.8) is 0 Å². The van der Waals surface area contributed by atoms with E-state index >= 15 is 0 Å². The summed E-state index contributed by atoms with van der Waals surface area (Å²) in [5, 5.41) is 26.6. The first-order valence-corrected chi connectivity index (χ1v) is 10.9. The van der Waals surface area contributed by atoms with E-state index < -0.39 is 54.0 Å². The lowest BCUT2D eigenvalue weighted by atomic mass is 9.98. The molecule has 0 aromatic rings. The summed E-state index contributed by atoms with van der Waals surface area (Å²) >= 11 is 1.48. The lowest BCUT2D eigenvalue weighted by molar-refractivity contribution is -0.144. The van der Waals surface area contributed by atoms with Crippen molar-refractivity contribution in [2.45, 2.75) is 70.8 Å². The topological polar surface area (TPSA) is 171 Å². The van der Waals surface area contributed by atoms with Crippen molar-refractivity contribution >= 4 is 35.5 Å². The van der Waals surface area contributed by atoms with E-state index in [2.05, 4.69) is 16.0 Å². The first kappa shape index (κ1) is 27.1. The molecule has 0 saturated heterocycles. The Balaban J connectivity index is 5.34. The van der Waals surface area contributed by atoms with E-state index in [-0.39, 0.29) is 5.92 Å². The number of nitrogens with two attached hydrogens (primary N) is 1. The maximum Gasteiger partial charge on any atom is 0.326 e. The molecule has 29 heavy (non-hydrogen) atoms. The van der Waals surface area contributed by atoms with Crippen molar-refractivity contribution in [3.05, 3.63) is 0 Å². The highest BCUT2D eigenvalue weighted by atomic mass is 32.2. The van der Waals surface area contributed by atoms with Gasteiger partial charge in [0.1, 0.15) is 18.1 Å². The SMILES string of the molecule is CCC(C)C(NC(=O)C(NC(=O)C(CCSC)NC(=O)C(C)N)C(C)O)C(=O)O. The Kier molecular flexibility index (Phi) is 12.5. The number of thioether (sulfide) groups is 1. The normalized spacial score (nSPS) is 17.2. The zero-order valence-corrected chi connectivity index (χ0v) is 18.4. The van der Waals surface area contributed by atoms with Gasteiger partial charge >= 0.3 is 5.97 Å². The largest absolute Gasteiger partial charge is 0.480 e. The average molecular weight is 435 g/mol. The third-order valence-electron chi connectivity index (χ3n) is 4.50. The Labute approximate surface area is 175 Å². The number of hydrogen-bond acceptors (Lipinski definition) is 7. The summed E-state index contributed by atoms with van der Waals surface area (Å²) < 4.78 is 0. The predicted molar refractivity (Wildman–Crippen MR) is 111 cm³/mol. The minimum Gasteiger partial charge on any atom is -0.480 e. The number of carbonyl (C=O) groups excluding carboxylic acids is 3. The van der Waals surface area contributed by atoms with Crippen LogP contribution in [0.4, 0.5) is 0 Å². The van der Waals surface area contributed by atoms with Crippen LogP contribution in [-0.4, -0.2) is 76.2 Å². The molecular formula is C18H34N4O6S. The molecule has 0 fully saturated rings. The standard InChI is InChI=1S/C18H34N4O6S/c1-6-9(2)13(18(27)28)21-17(26)14(11(4)23)22-16(25)12(7-8-29-5)20-15(24)10(3)19/h9-14,23H,6-8,19H2,1-5H3,(H,20,24)(H,21,26)(H,22,25)(H,27,28). The highest BCUT2D eigenvalue weighted by Gasteiger charge is 2.33. The van der Waals surface area contributed by atoms with Crippen LogP contribution in [0.15, 0.2) is 0 Å². The molecular weight excluding hydrogens is 400 g/mol. The maximum absolute atomic E-state index is 12.7. The summed E-state index contributed by atoms with van der Waals surface area (Å²) in [5.41, 5.74) is 5.53. The van der Waals surface area contributed by atoms with Crippen LogP contribution < -0.4 is 21.7 Å². The Morgan fingerprint density at radius 3 is 1.93 bits per heavy atom. The molecule has 6 unspecified atom stereocenters. The molecule has 0 saturated carbocycles. The van der Waals surface area contributed by atoms with Gasteiger partial charge in [0, 0.05) is 0 Å². The number of hydrogen-bond donors (Lipinski definition) is 6. The second-order valence-corrected chi connectivity index (χ2v) is 8.05. The molecule has 0 aliphatic rings. The van der Waals surface area contributed by atoms with Crippen LogP contribution in [0.25, 0.3) is 0 Å². The third kappa shape index (κ3) is 9.46. The number of aliphatic hydroxyl groups is 1. The lowest BCUT2D eigenvalue weighted by Crippen LogP contribution is -2.60. The predicted octanol–water partition coefficient (Wildman–Crippen LogP) is -0.947. The molecule has 0 rings (SSSR count). The molecule has 10 nitrogen and oxygen atoms in total. The van der Waals surface area contributed by atoms with E-state index in [0.717, 1.165) is 0 Å². The van der Waals surface area contributed by atoms with Crippen molar-refractivity contribution in [3.8, 4) is 0 Å².